The lowest BCUT2D eigenvalue weighted by atomic mass is 9.99. The highest BCUT2D eigenvalue weighted by Gasteiger charge is 2.30. The molecule has 0 aliphatic carbocycles. The van der Waals surface area contributed by atoms with Crippen LogP contribution in [0.4, 0.5) is 0 Å². The Balaban J connectivity index is 5.11. The first kappa shape index (κ1) is 88.1. The summed E-state index contributed by atoms with van der Waals surface area (Å²) in [5.41, 5.74) is 0. The summed E-state index contributed by atoms with van der Waals surface area (Å²) in [5, 5.41) is 10.6. The number of unbranched alkanes of at least 4 members (excludes halogenated alkanes) is 39. The zero-order chi connectivity index (χ0) is 66.5. The first-order valence-corrected chi connectivity index (χ1v) is 40.0. The number of carbonyl (C=O) groups excluding carboxylic acids is 4. The number of carbonyl (C=O) groups is 4. The SMILES string of the molecule is CCCCCCCCCCCCC(=O)O[C@H](COC(=O)CCCCCCCCCC)COP(=O)(O)OC[C@H](O)COP(=O)(O)OC[C@@H](COC(=O)CCCCCCCCCC(C)C)OC(=O)CCCCCCCCCCCCCCCCCCCCC(C)CC. The Bertz CT molecular complexity index is 1750. The molecule has 19 heteroatoms. The Morgan fingerprint density at radius 1 is 0.322 bits per heavy atom. The lowest BCUT2D eigenvalue weighted by molar-refractivity contribution is -0.161. The predicted octanol–water partition coefficient (Wildman–Crippen LogP) is 20.4. The minimum atomic E-state index is -4.95. The summed E-state index contributed by atoms with van der Waals surface area (Å²) in [6.45, 7) is 9.53. The van der Waals surface area contributed by atoms with E-state index in [9.17, 15) is 43.2 Å². The Kier molecular flexibility index (Phi) is 61.8. The molecule has 3 N–H and O–H groups in total. The molecular weight excluding hydrogens is 1190 g/mol. The normalized spacial score (nSPS) is 14.4. The molecule has 0 spiro atoms. The van der Waals surface area contributed by atoms with E-state index in [2.05, 4.69) is 41.5 Å². The molecule has 6 atom stereocenters. The van der Waals surface area contributed by atoms with Gasteiger partial charge < -0.3 is 33.8 Å². The molecule has 0 bridgehead atoms. The van der Waals surface area contributed by atoms with Gasteiger partial charge in [0, 0.05) is 25.7 Å². The third-order valence-corrected chi connectivity index (χ3v) is 18.7. The number of hydrogen-bond donors (Lipinski definition) is 3. The van der Waals surface area contributed by atoms with Crippen LogP contribution in [0.25, 0.3) is 0 Å². The van der Waals surface area contributed by atoms with Crippen LogP contribution in [0.5, 0.6) is 0 Å². The van der Waals surface area contributed by atoms with Gasteiger partial charge in [-0.1, -0.05) is 311 Å². The highest BCUT2D eigenvalue weighted by atomic mass is 31.2. The van der Waals surface area contributed by atoms with Gasteiger partial charge in [0.2, 0.25) is 0 Å². The van der Waals surface area contributed by atoms with Crippen LogP contribution in [0.1, 0.15) is 363 Å². The Morgan fingerprint density at radius 3 is 0.844 bits per heavy atom. The minimum absolute atomic E-state index is 0.106. The highest BCUT2D eigenvalue weighted by molar-refractivity contribution is 7.47. The van der Waals surface area contributed by atoms with Crippen LogP contribution in [0.3, 0.4) is 0 Å². The van der Waals surface area contributed by atoms with Crippen molar-refractivity contribution in [3.63, 3.8) is 0 Å². The molecule has 0 rings (SSSR count). The summed E-state index contributed by atoms with van der Waals surface area (Å²) in [6, 6.07) is 0. The summed E-state index contributed by atoms with van der Waals surface area (Å²) < 4.78 is 68.1. The molecule has 0 saturated carbocycles. The second kappa shape index (κ2) is 63.1. The summed E-state index contributed by atoms with van der Waals surface area (Å²) in [4.78, 5) is 72.4. The first-order chi connectivity index (χ1) is 43.4. The number of phosphoric acid groups is 2. The smallest absolute Gasteiger partial charge is 0.462 e. The topological polar surface area (TPSA) is 237 Å². The van der Waals surface area contributed by atoms with Gasteiger partial charge in [0.15, 0.2) is 12.2 Å². The standard InChI is InChI=1S/C71H138O17P2/c1-7-10-12-14-16-18-30-36-43-49-55-70(75)87-66(59-81-68(73)53-47-41-35-17-15-13-11-8-2)61-85-89(77,78)83-57-65(72)58-84-90(79,80)86-62-67(60-82-69(74)54-48-42-38-32-33-39-45-51-63(4)5)88-71(76)56-50-44-37-31-28-26-24-22-20-19-21-23-25-27-29-34-40-46-52-64(6)9-3/h63-67,72H,7-62H2,1-6H3,(H,77,78)(H,79,80)/t64?,65-,66+,67+/m0/s1. The van der Waals surface area contributed by atoms with Crippen molar-refractivity contribution >= 4 is 39.5 Å². The van der Waals surface area contributed by atoms with Crippen molar-refractivity contribution in [2.75, 3.05) is 39.6 Å². The lowest BCUT2D eigenvalue weighted by Gasteiger charge is -2.21. The third-order valence-electron chi connectivity index (χ3n) is 16.8. The van der Waals surface area contributed by atoms with E-state index >= 15 is 0 Å². The molecule has 17 nitrogen and oxygen atoms in total. The molecular formula is C71H138O17P2. The van der Waals surface area contributed by atoms with Gasteiger partial charge in [-0.2, -0.15) is 0 Å². The van der Waals surface area contributed by atoms with E-state index < -0.39 is 97.5 Å². The number of hydrogen-bond acceptors (Lipinski definition) is 15. The number of ether oxygens (including phenoxy) is 4. The number of aliphatic hydroxyl groups excluding tert-OH is 1. The van der Waals surface area contributed by atoms with Crippen molar-refractivity contribution in [3.8, 4) is 0 Å². The molecule has 0 aromatic carbocycles. The minimum Gasteiger partial charge on any atom is -0.462 e. The van der Waals surface area contributed by atoms with E-state index in [1.807, 2.05) is 0 Å². The molecule has 90 heavy (non-hydrogen) atoms. The fraction of sp³-hybridized carbons (Fsp3) is 0.944. The maximum atomic E-state index is 13.0. The zero-order valence-electron chi connectivity index (χ0n) is 58.4. The van der Waals surface area contributed by atoms with Crippen LogP contribution in [0.2, 0.25) is 0 Å². The van der Waals surface area contributed by atoms with E-state index in [4.69, 9.17) is 37.0 Å². The van der Waals surface area contributed by atoms with E-state index in [1.165, 1.54) is 167 Å². The molecule has 0 radical (unpaired) electrons. The van der Waals surface area contributed by atoms with Crippen molar-refractivity contribution < 1.29 is 80.2 Å². The van der Waals surface area contributed by atoms with Gasteiger partial charge in [0.25, 0.3) is 0 Å². The number of phosphoric ester groups is 2. The molecule has 0 saturated heterocycles. The number of aliphatic hydroxyl groups is 1. The van der Waals surface area contributed by atoms with Crippen molar-refractivity contribution in [2.45, 2.75) is 381 Å². The number of esters is 4. The van der Waals surface area contributed by atoms with Crippen molar-refractivity contribution in [1.29, 1.82) is 0 Å². The molecule has 0 aromatic heterocycles. The van der Waals surface area contributed by atoms with Crippen LogP contribution in [-0.4, -0.2) is 96.7 Å². The fourth-order valence-electron chi connectivity index (χ4n) is 10.7. The first-order valence-electron chi connectivity index (χ1n) is 37.0. The molecule has 0 amide bonds. The maximum absolute atomic E-state index is 13.0. The summed E-state index contributed by atoms with van der Waals surface area (Å²) in [7, 11) is -9.89. The van der Waals surface area contributed by atoms with E-state index in [0.717, 1.165) is 109 Å². The fourth-order valence-corrected chi connectivity index (χ4v) is 12.3. The largest absolute Gasteiger partial charge is 0.472 e. The van der Waals surface area contributed by atoms with Crippen LogP contribution in [-0.2, 0) is 65.4 Å². The zero-order valence-corrected chi connectivity index (χ0v) is 60.2. The van der Waals surface area contributed by atoms with Crippen molar-refractivity contribution in [2.24, 2.45) is 11.8 Å². The van der Waals surface area contributed by atoms with Crippen molar-refractivity contribution in [3.05, 3.63) is 0 Å². The summed E-state index contributed by atoms with van der Waals surface area (Å²) in [6.07, 6.45) is 48.8. The molecule has 534 valence electrons. The van der Waals surface area contributed by atoms with Crippen LogP contribution < -0.4 is 0 Å². The molecule has 0 fully saturated rings. The second-order valence-electron chi connectivity index (χ2n) is 26.3. The Labute approximate surface area is 549 Å². The summed E-state index contributed by atoms with van der Waals surface area (Å²) >= 11 is 0. The molecule has 0 aliphatic rings. The van der Waals surface area contributed by atoms with Gasteiger partial charge in [-0.25, -0.2) is 9.13 Å². The van der Waals surface area contributed by atoms with Crippen LogP contribution >= 0.6 is 15.6 Å². The average Bonchev–Trinajstić information content (AvgIpc) is 3.18. The lowest BCUT2D eigenvalue weighted by Crippen LogP contribution is -2.30. The molecule has 0 aliphatic heterocycles. The quantitative estimate of drug-likeness (QED) is 0.0222. The molecule has 0 aromatic rings. The molecule has 3 unspecified atom stereocenters. The predicted molar refractivity (Wildman–Crippen MR) is 363 cm³/mol. The van der Waals surface area contributed by atoms with Gasteiger partial charge >= 0.3 is 39.5 Å². The molecule has 0 heterocycles. The Morgan fingerprint density at radius 2 is 0.567 bits per heavy atom. The van der Waals surface area contributed by atoms with Gasteiger partial charge in [-0.05, 0) is 37.5 Å². The van der Waals surface area contributed by atoms with E-state index in [1.54, 1.807) is 0 Å². The number of rotatable bonds is 70. The van der Waals surface area contributed by atoms with Gasteiger partial charge in [-0.15, -0.1) is 0 Å². The highest BCUT2D eigenvalue weighted by Crippen LogP contribution is 2.45. The van der Waals surface area contributed by atoms with Crippen molar-refractivity contribution in [1.82, 2.24) is 0 Å². The van der Waals surface area contributed by atoms with Gasteiger partial charge in [-0.3, -0.25) is 37.3 Å². The van der Waals surface area contributed by atoms with E-state index in [0.29, 0.717) is 31.6 Å². The third kappa shape index (κ3) is 63.5. The second-order valence-corrected chi connectivity index (χ2v) is 29.3. The van der Waals surface area contributed by atoms with E-state index in [-0.39, 0.29) is 25.7 Å². The maximum Gasteiger partial charge on any atom is 0.472 e. The van der Waals surface area contributed by atoms with Gasteiger partial charge in [0.05, 0.1) is 26.4 Å². The monoisotopic (exact) mass is 1320 g/mol. The van der Waals surface area contributed by atoms with Gasteiger partial charge in [0.1, 0.15) is 19.3 Å². The van der Waals surface area contributed by atoms with Crippen LogP contribution in [0.15, 0.2) is 0 Å². The van der Waals surface area contributed by atoms with Crippen LogP contribution in [0, 0.1) is 11.8 Å². The Hall–Kier alpha value is -1.94. The summed E-state index contributed by atoms with van der Waals surface area (Å²) in [5.74, 6) is -0.552. The average molecular weight is 1330 g/mol.